The Morgan fingerprint density at radius 2 is 1.80 bits per heavy atom. The number of tetrazole rings is 1. The summed E-state index contributed by atoms with van der Waals surface area (Å²) in [6.07, 6.45) is 0. The number of aromatic nitrogens is 6. The van der Waals surface area contributed by atoms with E-state index < -0.39 is 0 Å². The molecule has 0 spiro atoms. The number of aromatic amines is 1. The number of hydrogen-bond acceptors (Lipinski definition) is 6. The van der Waals surface area contributed by atoms with E-state index in [2.05, 4.69) is 25.6 Å². The number of aryl methyl sites for hydroxylation is 1. The van der Waals surface area contributed by atoms with Crippen LogP contribution in [0.5, 0.6) is 5.75 Å². The lowest BCUT2D eigenvalue weighted by Gasteiger charge is -2.07. The Morgan fingerprint density at radius 3 is 2.48 bits per heavy atom. The SMILES string of the molecule is COc1ccc2c(-c3ccc(-c4nnn(C)n4)cc3)n[nH]c(=O)c2c1. The number of methoxy groups -OCH3 is 1. The number of nitrogens with one attached hydrogen (secondary N) is 1. The van der Waals surface area contributed by atoms with Crippen LogP contribution in [0.3, 0.4) is 0 Å². The monoisotopic (exact) mass is 334 g/mol. The lowest BCUT2D eigenvalue weighted by molar-refractivity contribution is 0.415. The molecule has 0 fully saturated rings. The topological polar surface area (TPSA) is 98.6 Å². The smallest absolute Gasteiger partial charge is 0.272 e. The van der Waals surface area contributed by atoms with Gasteiger partial charge in [-0.25, -0.2) is 5.10 Å². The normalized spacial score (nSPS) is 11.0. The molecule has 4 rings (SSSR count). The lowest BCUT2D eigenvalue weighted by atomic mass is 10.0. The van der Waals surface area contributed by atoms with E-state index in [-0.39, 0.29) is 5.56 Å². The number of benzene rings is 2. The first-order chi connectivity index (χ1) is 12.2. The van der Waals surface area contributed by atoms with Gasteiger partial charge in [-0.05, 0) is 23.4 Å². The minimum absolute atomic E-state index is 0.252. The van der Waals surface area contributed by atoms with E-state index in [1.54, 1.807) is 20.2 Å². The summed E-state index contributed by atoms with van der Waals surface area (Å²) in [6.45, 7) is 0. The summed E-state index contributed by atoms with van der Waals surface area (Å²) in [6, 6.07) is 13.0. The fraction of sp³-hybridized carbons (Fsp3) is 0.118. The van der Waals surface area contributed by atoms with Crippen molar-refractivity contribution in [2.75, 3.05) is 7.11 Å². The van der Waals surface area contributed by atoms with Crippen LogP contribution in [0.1, 0.15) is 0 Å². The molecule has 0 unspecified atom stereocenters. The Balaban J connectivity index is 1.82. The fourth-order valence-electron chi connectivity index (χ4n) is 2.67. The number of fused-ring (bicyclic) bond motifs is 1. The minimum Gasteiger partial charge on any atom is -0.497 e. The molecule has 4 aromatic rings. The molecule has 0 saturated heterocycles. The summed E-state index contributed by atoms with van der Waals surface area (Å²) < 4.78 is 5.19. The van der Waals surface area contributed by atoms with Crippen molar-refractivity contribution in [1.82, 2.24) is 30.4 Å². The van der Waals surface area contributed by atoms with Gasteiger partial charge in [0.1, 0.15) is 5.75 Å². The highest BCUT2D eigenvalue weighted by Crippen LogP contribution is 2.28. The molecule has 2 heterocycles. The molecule has 0 saturated carbocycles. The predicted molar refractivity (Wildman–Crippen MR) is 92.1 cm³/mol. The average molecular weight is 334 g/mol. The summed E-state index contributed by atoms with van der Waals surface area (Å²) in [4.78, 5) is 13.5. The molecule has 0 aliphatic rings. The van der Waals surface area contributed by atoms with Crippen molar-refractivity contribution in [3.63, 3.8) is 0 Å². The highest BCUT2D eigenvalue weighted by molar-refractivity contribution is 5.94. The van der Waals surface area contributed by atoms with E-state index in [1.807, 2.05) is 36.4 Å². The molecule has 0 aliphatic heterocycles. The van der Waals surface area contributed by atoms with Crippen LogP contribution < -0.4 is 10.3 Å². The number of H-pyrrole nitrogens is 1. The quantitative estimate of drug-likeness (QED) is 0.613. The molecule has 8 heteroatoms. The molecule has 0 aliphatic carbocycles. The second-order valence-electron chi connectivity index (χ2n) is 5.49. The first kappa shape index (κ1) is 15.0. The Labute approximate surface area is 142 Å². The fourth-order valence-corrected chi connectivity index (χ4v) is 2.67. The lowest BCUT2D eigenvalue weighted by Crippen LogP contribution is -2.09. The molecular formula is C17H14N6O2. The summed E-state index contributed by atoms with van der Waals surface area (Å²) >= 11 is 0. The van der Waals surface area contributed by atoms with Crippen molar-refractivity contribution < 1.29 is 4.74 Å². The number of nitrogens with zero attached hydrogens (tertiary/aromatic N) is 5. The molecule has 0 bridgehead atoms. The van der Waals surface area contributed by atoms with E-state index in [9.17, 15) is 4.79 Å². The molecule has 0 atom stereocenters. The van der Waals surface area contributed by atoms with Gasteiger partial charge in [0, 0.05) is 16.5 Å². The van der Waals surface area contributed by atoms with Crippen LogP contribution in [0.4, 0.5) is 0 Å². The van der Waals surface area contributed by atoms with Crippen molar-refractivity contribution in [2.45, 2.75) is 0 Å². The highest BCUT2D eigenvalue weighted by atomic mass is 16.5. The van der Waals surface area contributed by atoms with Gasteiger partial charge in [0.05, 0.1) is 25.2 Å². The zero-order chi connectivity index (χ0) is 17.4. The van der Waals surface area contributed by atoms with Crippen molar-refractivity contribution in [2.24, 2.45) is 7.05 Å². The molecule has 2 aromatic heterocycles. The maximum Gasteiger partial charge on any atom is 0.272 e. The van der Waals surface area contributed by atoms with E-state index in [0.717, 1.165) is 16.5 Å². The maximum absolute atomic E-state index is 12.1. The van der Waals surface area contributed by atoms with Gasteiger partial charge in [0.2, 0.25) is 5.82 Å². The van der Waals surface area contributed by atoms with Crippen LogP contribution in [-0.4, -0.2) is 37.5 Å². The molecule has 0 amide bonds. The van der Waals surface area contributed by atoms with E-state index in [4.69, 9.17) is 4.74 Å². The van der Waals surface area contributed by atoms with Gasteiger partial charge in [0.25, 0.3) is 5.56 Å². The standard InChI is InChI=1S/C17H14N6O2/c1-23-21-16(19-22-23)11-5-3-10(4-6-11)15-13-8-7-12(25-2)9-14(13)17(24)20-18-15/h3-9H,1-2H3,(H,20,24). The molecule has 2 aromatic carbocycles. The largest absolute Gasteiger partial charge is 0.497 e. The summed E-state index contributed by atoms with van der Waals surface area (Å²) in [5, 5.41) is 20.1. The molecule has 25 heavy (non-hydrogen) atoms. The molecule has 0 radical (unpaired) electrons. The second kappa shape index (κ2) is 5.82. The third-order valence-electron chi connectivity index (χ3n) is 3.92. The van der Waals surface area contributed by atoms with Crippen molar-refractivity contribution in [3.8, 4) is 28.4 Å². The van der Waals surface area contributed by atoms with Crippen LogP contribution in [-0.2, 0) is 7.05 Å². The van der Waals surface area contributed by atoms with Gasteiger partial charge < -0.3 is 4.74 Å². The zero-order valence-corrected chi connectivity index (χ0v) is 13.6. The average Bonchev–Trinajstić information content (AvgIpc) is 3.08. The summed E-state index contributed by atoms with van der Waals surface area (Å²) in [7, 11) is 3.28. The molecular weight excluding hydrogens is 320 g/mol. The zero-order valence-electron chi connectivity index (χ0n) is 13.6. The Morgan fingerprint density at radius 1 is 1.04 bits per heavy atom. The van der Waals surface area contributed by atoms with Gasteiger partial charge in [-0.1, -0.05) is 24.3 Å². The Kier molecular flexibility index (Phi) is 3.50. The van der Waals surface area contributed by atoms with Gasteiger partial charge in [-0.2, -0.15) is 9.90 Å². The third kappa shape index (κ3) is 2.63. The van der Waals surface area contributed by atoms with Crippen LogP contribution in [0, 0.1) is 0 Å². The van der Waals surface area contributed by atoms with E-state index >= 15 is 0 Å². The van der Waals surface area contributed by atoms with Crippen molar-refractivity contribution >= 4 is 10.8 Å². The van der Waals surface area contributed by atoms with Crippen molar-refractivity contribution in [1.29, 1.82) is 0 Å². The van der Waals surface area contributed by atoms with Gasteiger partial charge in [-0.3, -0.25) is 4.79 Å². The first-order valence-corrected chi connectivity index (χ1v) is 7.57. The van der Waals surface area contributed by atoms with Crippen LogP contribution >= 0.6 is 0 Å². The van der Waals surface area contributed by atoms with E-state index in [0.29, 0.717) is 22.7 Å². The Hall–Kier alpha value is -3.55. The first-order valence-electron chi connectivity index (χ1n) is 7.57. The van der Waals surface area contributed by atoms with Gasteiger partial charge in [0.15, 0.2) is 0 Å². The highest BCUT2D eigenvalue weighted by Gasteiger charge is 2.11. The molecule has 124 valence electrons. The van der Waals surface area contributed by atoms with Crippen LogP contribution in [0.2, 0.25) is 0 Å². The third-order valence-corrected chi connectivity index (χ3v) is 3.92. The number of rotatable bonds is 3. The molecule has 8 nitrogen and oxygen atoms in total. The van der Waals surface area contributed by atoms with Crippen LogP contribution in [0.25, 0.3) is 33.4 Å². The van der Waals surface area contributed by atoms with E-state index in [1.165, 1.54) is 4.80 Å². The maximum atomic E-state index is 12.1. The Bertz CT molecular complexity index is 1110. The van der Waals surface area contributed by atoms with Crippen molar-refractivity contribution in [3.05, 3.63) is 52.8 Å². The number of hydrogen-bond donors (Lipinski definition) is 1. The van der Waals surface area contributed by atoms with Crippen LogP contribution in [0.15, 0.2) is 47.3 Å². The summed E-state index contributed by atoms with van der Waals surface area (Å²) in [5.74, 6) is 1.18. The molecule has 1 N–H and O–H groups in total. The van der Waals surface area contributed by atoms with Gasteiger partial charge >= 0.3 is 0 Å². The second-order valence-corrected chi connectivity index (χ2v) is 5.49. The predicted octanol–water partition coefficient (Wildman–Crippen LogP) is 1.79. The summed E-state index contributed by atoms with van der Waals surface area (Å²) in [5.41, 5.74) is 2.17. The minimum atomic E-state index is -0.252. The number of ether oxygens (including phenoxy) is 1. The van der Waals surface area contributed by atoms with Gasteiger partial charge in [-0.15, -0.1) is 10.2 Å².